The lowest BCUT2D eigenvalue weighted by atomic mass is 9.88. The third-order valence-corrected chi connectivity index (χ3v) is 1.83. The summed E-state index contributed by atoms with van der Waals surface area (Å²) in [7, 11) is 0. The van der Waals surface area contributed by atoms with Gasteiger partial charge in [0.2, 0.25) is 5.91 Å². The Balaban J connectivity index is 4.38. The number of hydrogen-bond donors (Lipinski definition) is 2. The molecule has 0 aliphatic rings. The molecule has 0 aliphatic heterocycles. The highest BCUT2D eigenvalue weighted by molar-refractivity contribution is 5.84. The van der Waals surface area contributed by atoms with Gasteiger partial charge in [0, 0.05) is 5.92 Å². The fourth-order valence-corrected chi connectivity index (χ4v) is 0.469. The average molecular weight is 142 g/mol. The first kappa shape index (κ1) is 9.17. The van der Waals surface area contributed by atoms with Gasteiger partial charge in [-0.25, -0.2) is 0 Å². The number of amides is 1. The Morgan fingerprint density at radius 2 is 2.20 bits per heavy atom. The molecule has 0 radical (unpaired) electrons. The minimum Gasteiger partial charge on any atom is -0.368 e. The Kier molecular flexibility index (Phi) is 2.60. The van der Waals surface area contributed by atoms with Crippen LogP contribution in [0, 0.1) is 5.92 Å². The molecule has 0 aliphatic carbocycles. The van der Waals surface area contributed by atoms with Crippen LogP contribution in [0.5, 0.6) is 0 Å². The van der Waals surface area contributed by atoms with Crippen molar-refractivity contribution in [1.82, 2.24) is 0 Å². The molecule has 0 rings (SSSR count). The van der Waals surface area contributed by atoms with Crippen molar-refractivity contribution in [2.24, 2.45) is 17.4 Å². The fraction of sp³-hybridized carbons (Fsp3) is 0.571. The molecular formula is C7H14N2O. The number of hydrogen-bond acceptors (Lipinski definition) is 2. The number of rotatable bonds is 3. The topological polar surface area (TPSA) is 69.1 Å². The van der Waals surface area contributed by atoms with Crippen molar-refractivity contribution < 1.29 is 4.79 Å². The van der Waals surface area contributed by atoms with Crippen molar-refractivity contribution in [2.75, 3.05) is 0 Å². The summed E-state index contributed by atoms with van der Waals surface area (Å²) in [6, 6.07) is 0. The molecule has 3 nitrogen and oxygen atoms in total. The van der Waals surface area contributed by atoms with Gasteiger partial charge in [0.25, 0.3) is 0 Å². The molecule has 0 aromatic heterocycles. The van der Waals surface area contributed by atoms with Gasteiger partial charge in [-0.1, -0.05) is 13.0 Å². The summed E-state index contributed by atoms with van der Waals surface area (Å²) < 4.78 is 0. The van der Waals surface area contributed by atoms with Crippen LogP contribution < -0.4 is 11.5 Å². The SMILES string of the molecule is C=C[C@H](C)[C@](C)(N)C(N)=O. The zero-order valence-corrected chi connectivity index (χ0v) is 6.42. The van der Waals surface area contributed by atoms with Gasteiger partial charge in [-0.15, -0.1) is 6.58 Å². The predicted octanol–water partition coefficient (Wildman–Crippen LogP) is 0.0112. The first-order chi connectivity index (χ1) is 4.42. The summed E-state index contributed by atoms with van der Waals surface area (Å²) in [5, 5.41) is 0. The van der Waals surface area contributed by atoms with Crippen LogP contribution in [0.25, 0.3) is 0 Å². The molecule has 10 heavy (non-hydrogen) atoms. The van der Waals surface area contributed by atoms with Crippen molar-refractivity contribution >= 4 is 5.91 Å². The van der Waals surface area contributed by atoms with Crippen molar-refractivity contribution in [3.8, 4) is 0 Å². The van der Waals surface area contributed by atoms with Crippen LogP contribution in [0.2, 0.25) is 0 Å². The molecule has 0 unspecified atom stereocenters. The largest absolute Gasteiger partial charge is 0.368 e. The molecule has 58 valence electrons. The molecule has 2 atom stereocenters. The van der Waals surface area contributed by atoms with Crippen LogP contribution in [-0.2, 0) is 4.79 Å². The van der Waals surface area contributed by atoms with Crippen LogP contribution in [-0.4, -0.2) is 11.4 Å². The van der Waals surface area contributed by atoms with Gasteiger partial charge in [0.1, 0.15) is 0 Å². The maximum atomic E-state index is 10.7. The highest BCUT2D eigenvalue weighted by Crippen LogP contribution is 2.13. The minimum atomic E-state index is -0.970. The van der Waals surface area contributed by atoms with Crippen LogP contribution in [0.15, 0.2) is 12.7 Å². The molecule has 4 N–H and O–H groups in total. The lowest BCUT2D eigenvalue weighted by Gasteiger charge is -2.25. The second-order valence-electron chi connectivity index (χ2n) is 2.67. The highest BCUT2D eigenvalue weighted by atomic mass is 16.1. The van der Waals surface area contributed by atoms with E-state index in [1.165, 1.54) is 0 Å². The molecule has 0 fully saturated rings. The second kappa shape index (κ2) is 2.84. The van der Waals surface area contributed by atoms with E-state index in [0.717, 1.165) is 0 Å². The summed E-state index contributed by atoms with van der Waals surface area (Å²) in [6.45, 7) is 6.92. The summed E-state index contributed by atoms with van der Waals surface area (Å²) in [5.41, 5.74) is 9.63. The first-order valence-electron chi connectivity index (χ1n) is 3.14. The van der Waals surface area contributed by atoms with Gasteiger partial charge in [-0.05, 0) is 6.92 Å². The zero-order chi connectivity index (χ0) is 8.36. The van der Waals surface area contributed by atoms with Gasteiger partial charge < -0.3 is 11.5 Å². The molecule has 0 aromatic rings. The Hall–Kier alpha value is -0.830. The predicted molar refractivity (Wildman–Crippen MR) is 41.1 cm³/mol. The van der Waals surface area contributed by atoms with E-state index in [1.54, 1.807) is 19.9 Å². The number of nitrogens with two attached hydrogens (primary N) is 2. The lowest BCUT2D eigenvalue weighted by molar-refractivity contribution is -0.123. The third-order valence-electron chi connectivity index (χ3n) is 1.83. The van der Waals surface area contributed by atoms with Crippen LogP contribution in [0.4, 0.5) is 0 Å². The van der Waals surface area contributed by atoms with Crippen molar-refractivity contribution in [2.45, 2.75) is 19.4 Å². The number of primary amides is 1. The van der Waals surface area contributed by atoms with Crippen molar-refractivity contribution in [3.63, 3.8) is 0 Å². The van der Waals surface area contributed by atoms with Gasteiger partial charge in [0.15, 0.2) is 0 Å². The summed E-state index contributed by atoms with van der Waals surface area (Å²) >= 11 is 0. The van der Waals surface area contributed by atoms with Crippen LogP contribution in [0.3, 0.4) is 0 Å². The van der Waals surface area contributed by atoms with E-state index < -0.39 is 11.4 Å². The number of carbonyl (C=O) groups excluding carboxylic acids is 1. The van der Waals surface area contributed by atoms with E-state index in [9.17, 15) is 4.79 Å². The fourth-order valence-electron chi connectivity index (χ4n) is 0.469. The summed E-state index contributed by atoms with van der Waals surface area (Å²) in [4.78, 5) is 10.7. The molecule has 0 saturated carbocycles. The Morgan fingerprint density at radius 1 is 1.80 bits per heavy atom. The molecule has 3 heteroatoms. The van der Waals surface area contributed by atoms with E-state index in [0.29, 0.717) is 0 Å². The Labute approximate surface area is 61.1 Å². The average Bonchev–Trinajstić information content (AvgIpc) is 1.86. The van der Waals surface area contributed by atoms with Crippen LogP contribution >= 0.6 is 0 Å². The molecule has 0 heterocycles. The molecule has 0 saturated heterocycles. The van der Waals surface area contributed by atoms with Crippen molar-refractivity contribution in [3.05, 3.63) is 12.7 Å². The second-order valence-corrected chi connectivity index (χ2v) is 2.67. The monoisotopic (exact) mass is 142 g/mol. The van der Waals surface area contributed by atoms with E-state index in [4.69, 9.17) is 11.5 Å². The molecular weight excluding hydrogens is 128 g/mol. The van der Waals surface area contributed by atoms with E-state index in [2.05, 4.69) is 6.58 Å². The maximum Gasteiger partial charge on any atom is 0.237 e. The van der Waals surface area contributed by atoms with E-state index in [1.807, 2.05) is 0 Å². The van der Waals surface area contributed by atoms with Gasteiger partial charge in [0.05, 0.1) is 5.54 Å². The third kappa shape index (κ3) is 1.57. The minimum absolute atomic E-state index is 0.0926. The first-order valence-corrected chi connectivity index (χ1v) is 3.14. The Bertz CT molecular complexity index is 152. The molecule has 1 amide bonds. The number of carbonyl (C=O) groups is 1. The van der Waals surface area contributed by atoms with E-state index in [-0.39, 0.29) is 5.92 Å². The van der Waals surface area contributed by atoms with Gasteiger partial charge >= 0.3 is 0 Å². The van der Waals surface area contributed by atoms with Crippen LogP contribution in [0.1, 0.15) is 13.8 Å². The zero-order valence-electron chi connectivity index (χ0n) is 6.42. The van der Waals surface area contributed by atoms with E-state index >= 15 is 0 Å². The van der Waals surface area contributed by atoms with Crippen molar-refractivity contribution in [1.29, 1.82) is 0 Å². The quantitative estimate of drug-likeness (QED) is 0.545. The Morgan fingerprint density at radius 3 is 2.30 bits per heavy atom. The normalized spacial score (nSPS) is 19.1. The molecule has 0 aromatic carbocycles. The van der Waals surface area contributed by atoms with Gasteiger partial charge in [-0.2, -0.15) is 0 Å². The molecule has 0 spiro atoms. The molecule has 0 bridgehead atoms. The lowest BCUT2D eigenvalue weighted by Crippen LogP contribution is -2.53. The highest BCUT2D eigenvalue weighted by Gasteiger charge is 2.30. The summed E-state index contributed by atoms with van der Waals surface area (Å²) in [5.74, 6) is -0.593. The summed E-state index contributed by atoms with van der Waals surface area (Å²) in [6.07, 6.45) is 1.62. The smallest absolute Gasteiger partial charge is 0.237 e. The van der Waals surface area contributed by atoms with Gasteiger partial charge in [-0.3, -0.25) is 4.79 Å². The maximum absolute atomic E-state index is 10.7. The standard InChI is InChI=1S/C7H14N2O/c1-4-5(2)7(3,9)6(8)10/h4-5H,1,9H2,2-3H3,(H2,8,10)/t5-,7-/m0/s1.